The fourth-order valence-corrected chi connectivity index (χ4v) is 6.24. The molecule has 1 N–H and O–H groups in total. The van der Waals surface area contributed by atoms with Gasteiger partial charge in [0, 0.05) is 12.0 Å². The first-order chi connectivity index (χ1) is 21.8. The second-order valence-electron chi connectivity index (χ2n) is 14.4. The highest BCUT2D eigenvalue weighted by molar-refractivity contribution is 5.91. The molecule has 12 heteroatoms. The lowest BCUT2D eigenvalue weighted by Gasteiger charge is -2.35. The van der Waals surface area contributed by atoms with Crippen molar-refractivity contribution in [2.75, 3.05) is 20.3 Å². The minimum absolute atomic E-state index is 0.0102. The quantitative estimate of drug-likeness (QED) is 0.427. The smallest absolute Gasteiger partial charge is 0.408 e. The highest BCUT2D eigenvalue weighted by Gasteiger charge is 2.51. The van der Waals surface area contributed by atoms with Crippen molar-refractivity contribution in [3.63, 3.8) is 0 Å². The van der Waals surface area contributed by atoms with Crippen LogP contribution in [-0.4, -0.2) is 77.4 Å². The Hall–Kier alpha value is -3.70. The van der Waals surface area contributed by atoms with Gasteiger partial charge in [-0.05, 0) is 48.6 Å². The van der Waals surface area contributed by atoms with Crippen molar-refractivity contribution in [3.8, 4) is 11.6 Å². The Morgan fingerprint density at radius 2 is 1.85 bits per heavy atom. The number of alkyl carbamates (subject to hydrolysis) is 1. The molecule has 1 aromatic heterocycles. The van der Waals surface area contributed by atoms with Crippen molar-refractivity contribution < 1.29 is 37.7 Å². The van der Waals surface area contributed by atoms with Gasteiger partial charge in [-0.2, -0.15) is 0 Å². The van der Waals surface area contributed by atoms with Crippen LogP contribution >= 0.6 is 0 Å². The molecule has 2 fully saturated rings. The number of carbonyl (C=O) groups is 3. The average Bonchev–Trinajstić information content (AvgIpc) is 3.65. The fourth-order valence-electron chi connectivity index (χ4n) is 6.24. The molecule has 3 aliphatic rings. The van der Waals surface area contributed by atoms with E-state index in [9.17, 15) is 14.4 Å². The summed E-state index contributed by atoms with van der Waals surface area (Å²) in [4.78, 5) is 51.7. The third-order valence-electron chi connectivity index (χ3n) is 9.08. The van der Waals surface area contributed by atoms with Gasteiger partial charge in [0.15, 0.2) is 0 Å². The molecular weight excluding hydrogens is 595 g/mol. The summed E-state index contributed by atoms with van der Waals surface area (Å²) < 4.78 is 39.1. The van der Waals surface area contributed by atoms with E-state index >= 15 is 4.39 Å². The van der Waals surface area contributed by atoms with Gasteiger partial charge < -0.3 is 29.2 Å². The highest BCUT2D eigenvalue weighted by atomic mass is 19.1. The lowest BCUT2D eigenvalue weighted by Crippen LogP contribution is -2.57. The molecular formula is C34H47FN4O7. The van der Waals surface area contributed by atoms with Crippen LogP contribution in [0.4, 0.5) is 9.18 Å². The Labute approximate surface area is 269 Å². The van der Waals surface area contributed by atoms with Gasteiger partial charge >= 0.3 is 12.1 Å². The number of fused-ring (bicyclic) bond motifs is 5. The summed E-state index contributed by atoms with van der Waals surface area (Å²) in [6.45, 7) is 11.3. The molecule has 0 spiro atoms. The van der Waals surface area contributed by atoms with Gasteiger partial charge in [-0.3, -0.25) is 4.79 Å². The van der Waals surface area contributed by atoms with Gasteiger partial charge in [-0.25, -0.2) is 23.9 Å². The molecule has 252 valence electrons. The molecule has 1 unspecified atom stereocenters. The lowest BCUT2D eigenvalue weighted by atomic mass is 9.85. The number of amides is 2. The van der Waals surface area contributed by atoms with Crippen LogP contribution in [0.15, 0.2) is 18.2 Å². The van der Waals surface area contributed by atoms with E-state index in [4.69, 9.17) is 23.9 Å². The van der Waals surface area contributed by atoms with E-state index in [1.807, 2.05) is 34.6 Å². The topological polar surface area (TPSA) is 129 Å². The molecule has 7 atom stereocenters. The third kappa shape index (κ3) is 7.47. The maximum Gasteiger partial charge on any atom is 0.408 e. The number of hydrogen-bond donors (Lipinski definition) is 1. The number of methoxy groups -OCH3 is 1. The zero-order chi connectivity index (χ0) is 33.3. The van der Waals surface area contributed by atoms with Crippen molar-refractivity contribution in [2.45, 2.75) is 104 Å². The number of hydrogen-bond acceptors (Lipinski definition) is 9. The van der Waals surface area contributed by atoms with Gasteiger partial charge in [0.05, 0.1) is 31.3 Å². The molecule has 2 amide bonds. The number of aromatic nitrogens is 2. The zero-order valence-corrected chi connectivity index (χ0v) is 27.9. The molecule has 46 heavy (non-hydrogen) atoms. The fraction of sp³-hybridized carbons (Fsp3) is 0.676. The Morgan fingerprint density at radius 3 is 2.54 bits per heavy atom. The summed E-state index contributed by atoms with van der Waals surface area (Å²) >= 11 is 0. The van der Waals surface area contributed by atoms with Crippen molar-refractivity contribution in [2.24, 2.45) is 23.2 Å². The number of alkyl halides is 1. The van der Waals surface area contributed by atoms with E-state index in [1.54, 1.807) is 32.2 Å². The van der Waals surface area contributed by atoms with Crippen LogP contribution < -0.4 is 14.8 Å². The van der Waals surface area contributed by atoms with E-state index in [1.165, 1.54) is 4.90 Å². The summed E-state index contributed by atoms with van der Waals surface area (Å²) in [5, 5.41) is 2.80. The molecule has 1 saturated carbocycles. The summed E-state index contributed by atoms with van der Waals surface area (Å²) in [7, 11) is 1.55. The van der Waals surface area contributed by atoms with Crippen LogP contribution in [-0.2, 0) is 19.1 Å². The first-order valence-electron chi connectivity index (χ1n) is 16.4. The van der Waals surface area contributed by atoms with E-state index in [2.05, 4.69) is 10.3 Å². The predicted octanol–water partition coefficient (Wildman–Crippen LogP) is 5.55. The molecule has 3 heterocycles. The molecule has 1 saturated heterocycles. The lowest BCUT2D eigenvalue weighted by molar-refractivity contribution is -0.156. The van der Waals surface area contributed by atoms with Gasteiger partial charge in [0.25, 0.3) is 0 Å². The number of carbonyl (C=O) groups excluding carboxylic acids is 3. The Balaban J connectivity index is 1.55. The van der Waals surface area contributed by atoms with Crippen LogP contribution in [0.25, 0.3) is 11.0 Å². The predicted molar refractivity (Wildman–Crippen MR) is 168 cm³/mol. The number of benzene rings is 1. The van der Waals surface area contributed by atoms with E-state index in [0.29, 0.717) is 23.2 Å². The maximum absolute atomic E-state index is 16.0. The van der Waals surface area contributed by atoms with Crippen molar-refractivity contribution in [1.29, 1.82) is 0 Å². The number of ether oxygens (including phenoxy) is 4. The second-order valence-corrected chi connectivity index (χ2v) is 14.4. The number of nitrogens with zero attached hydrogens (tertiary/aromatic N) is 3. The number of rotatable bonds is 4. The minimum Gasteiger partial charge on any atom is -0.497 e. The molecule has 11 nitrogen and oxygen atoms in total. The number of esters is 1. The molecule has 2 aromatic rings. The maximum atomic E-state index is 16.0. The standard InChI is InChI=1S/C34H47FN4O7/c1-18(2)17-44-32(41)28-19(3)26-16-39(28)31(40)29(34(4,5)6)38-33(42)46-25-14-20(25)10-8-9-11-22(35)27-30(45-26)37-24-15-21(43-7)12-13-23(24)36-27/h12-13,15,18-20,22,25-26,28-29H,8-11,14,16-17H2,1-7H3,(H,38,42)/t19-,20-,22?,25-,26+,28+,29-/m1/s1. The summed E-state index contributed by atoms with van der Waals surface area (Å²) in [5.41, 5.74) is 0.337. The molecule has 1 aliphatic carbocycles. The number of halogens is 1. The van der Waals surface area contributed by atoms with Gasteiger partial charge in [-0.15, -0.1) is 0 Å². The zero-order valence-electron chi connectivity index (χ0n) is 27.9. The van der Waals surface area contributed by atoms with Gasteiger partial charge in [0.2, 0.25) is 11.8 Å². The van der Waals surface area contributed by atoms with Crippen LogP contribution in [0.2, 0.25) is 0 Å². The van der Waals surface area contributed by atoms with E-state index in [-0.39, 0.29) is 49.1 Å². The summed E-state index contributed by atoms with van der Waals surface area (Å²) in [6, 6.07) is 3.17. The van der Waals surface area contributed by atoms with Crippen molar-refractivity contribution in [1.82, 2.24) is 20.2 Å². The summed E-state index contributed by atoms with van der Waals surface area (Å²) in [6.07, 6.45) is 0.00644. The number of nitrogens with one attached hydrogen (secondary N) is 1. The largest absolute Gasteiger partial charge is 0.497 e. The SMILES string of the molecule is COc1ccc2nc3c(nc2c1)O[C@H]1CN(C(=O)[C@H](C(C)(C)C)NC(=O)O[C@@H]2C[C@H]2CCCCC3F)[C@H](C(=O)OCC(C)C)[C@@H]1C. The summed E-state index contributed by atoms with van der Waals surface area (Å²) in [5.74, 6) is -0.721. The van der Waals surface area contributed by atoms with Crippen molar-refractivity contribution in [3.05, 3.63) is 23.9 Å². The highest BCUT2D eigenvalue weighted by Crippen LogP contribution is 2.40. The Kier molecular flexibility index (Phi) is 9.93. The Bertz CT molecular complexity index is 1450. The third-order valence-corrected chi connectivity index (χ3v) is 9.08. The van der Waals surface area contributed by atoms with Crippen LogP contribution in [0.5, 0.6) is 11.6 Å². The van der Waals surface area contributed by atoms with Crippen LogP contribution in [0, 0.1) is 23.2 Å². The van der Waals surface area contributed by atoms with Gasteiger partial charge in [0.1, 0.15) is 41.9 Å². The van der Waals surface area contributed by atoms with E-state index < -0.39 is 53.7 Å². The minimum atomic E-state index is -1.45. The molecule has 1 aromatic carbocycles. The monoisotopic (exact) mass is 642 g/mol. The molecule has 2 aliphatic heterocycles. The normalized spacial score (nSPS) is 29.1. The second kappa shape index (κ2) is 13.6. The molecule has 5 rings (SSSR count). The van der Waals surface area contributed by atoms with Gasteiger partial charge in [-0.1, -0.05) is 54.4 Å². The first kappa shape index (κ1) is 33.7. The van der Waals surface area contributed by atoms with Crippen LogP contribution in [0.3, 0.4) is 0 Å². The average molecular weight is 643 g/mol. The molecule has 0 radical (unpaired) electrons. The van der Waals surface area contributed by atoms with Crippen molar-refractivity contribution >= 4 is 29.0 Å². The first-order valence-corrected chi connectivity index (χ1v) is 16.4. The Morgan fingerprint density at radius 1 is 1.11 bits per heavy atom. The van der Waals surface area contributed by atoms with Crippen LogP contribution in [0.1, 0.15) is 85.5 Å². The molecule has 2 bridgehead atoms. The van der Waals surface area contributed by atoms with E-state index in [0.717, 1.165) is 19.3 Å².